The van der Waals surface area contributed by atoms with E-state index in [0.717, 1.165) is 26.1 Å². The molecule has 1 heteroatoms. The molecule has 0 N–H and O–H groups in total. The van der Waals surface area contributed by atoms with Gasteiger partial charge in [-0.25, -0.2) is 0 Å². The van der Waals surface area contributed by atoms with E-state index in [9.17, 15) is 0 Å². The maximum Gasteiger partial charge on any atom is 0.0164 e. The normalized spacial score (nSPS) is 10.5. The van der Waals surface area contributed by atoms with Crippen LogP contribution in [0.1, 0.15) is 6.42 Å². The van der Waals surface area contributed by atoms with E-state index in [1.807, 2.05) is 18.2 Å². The first kappa shape index (κ1) is 11.9. The molecule has 0 aromatic carbocycles. The molecule has 0 aliphatic heterocycles. The summed E-state index contributed by atoms with van der Waals surface area (Å²) in [5, 5.41) is 0. The quantitative estimate of drug-likeness (QED) is 0.407. The Kier molecular flexibility index (Phi) is 8.26. The van der Waals surface area contributed by atoms with Crippen molar-refractivity contribution >= 4 is 0 Å². The summed E-state index contributed by atoms with van der Waals surface area (Å²) in [5.74, 6) is 0. The molecule has 0 fully saturated rings. The summed E-state index contributed by atoms with van der Waals surface area (Å²) in [6, 6.07) is 0. The van der Waals surface area contributed by atoms with E-state index in [2.05, 4.69) is 30.7 Å². The van der Waals surface area contributed by atoms with Crippen molar-refractivity contribution in [3.8, 4) is 0 Å². The molecule has 0 unspecified atom stereocenters. The van der Waals surface area contributed by atoms with Crippen LogP contribution in [0.15, 0.2) is 50.1 Å². The van der Waals surface area contributed by atoms with Crippen molar-refractivity contribution in [2.45, 2.75) is 6.42 Å². The van der Waals surface area contributed by atoms with Crippen molar-refractivity contribution in [2.24, 2.45) is 0 Å². The second kappa shape index (κ2) is 9.01. The second-order valence-electron chi connectivity index (χ2n) is 2.79. The van der Waals surface area contributed by atoms with Crippen LogP contribution in [-0.4, -0.2) is 24.5 Å². The van der Waals surface area contributed by atoms with Gasteiger partial charge in [0.1, 0.15) is 0 Å². The first-order chi connectivity index (χ1) is 6.35. The van der Waals surface area contributed by atoms with Gasteiger partial charge in [0, 0.05) is 19.6 Å². The lowest BCUT2D eigenvalue weighted by Gasteiger charge is -2.17. The zero-order valence-electron chi connectivity index (χ0n) is 8.28. The highest BCUT2D eigenvalue weighted by Gasteiger charge is 1.96. The summed E-state index contributed by atoms with van der Waals surface area (Å²) in [6.45, 7) is 13.9. The molecule has 0 amide bonds. The smallest absolute Gasteiger partial charge is 0.0164 e. The minimum atomic E-state index is 0.925. The Balaban J connectivity index is 3.66. The molecule has 0 heterocycles. The summed E-state index contributed by atoms with van der Waals surface area (Å²) < 4.78 is 0. The number of nitrogens with zero attached hydrogens (tertiary/aromatic N) is 1. The summed E-state index contributed by atoms with van der Waals surface area (Å²) in [5.41, 5.74) is 0. The van der Waals surface area contributed by atoms with E-state index >= 15 is 0 Å². The van der Waals surface area contributed by atoms with Crippen molar-refractivity contribution < 1.29 is 0 Å². The Labute approximate surface area is 81.8 Å². The monoisotopic (exact) mass is 177 g/mol. The van der Waals surface area contributed by atoms with Crippen molar-refractivity contribution in [2.75, 3.05) is 19.6 Å². The first-order valence-corrected chi connectivity index (χ1v) is 4.56. The van der Waals surface area contributed by atoms with E-state index < -0.39 is 0 Å². The predicted octanol–water partition coefficient (Wildman–Crippen LogP) is 2.79. The SMILES string of the molecule is C=CC=CCCN(CC=C)CC=C. The van der Waals surface area contributed by atoms with Gasteiger partial charge in [-0.3, -0.25) is 4.90 Å². The number of hydrogen-bond donors (Lipinski definition) is 0. The van der Waals surface area contributed by atoms with Gasteiger partial charge in [-0.05, 0) is 6.42 Å². The van der Waals surface area contributed by atoms with E-state index in [1.165, 1.54) is 0 Å². The van der Waals surface area contributed by atoms with E-state index in [1.54, 1.807) is 6.08 Å². The summed E-state index contributed by atoms with van der Waals surface area (Å²) in [4.78, 5) is 2.29. The van der Waals surface area contributed by atoms with Crippen molar-refractivity contribution in [1.82, 2.24) is 4.90 Å². The highest BCUT2D eigenvalue weighted by Crippen LogP contribution is 1.93. The number of allylic oxidation sites excluding steroid dienone is 2. The van der Waals surface area contributed by atoms with Crippen LogP contribution in [0.3, 0.4) is 0 Å². The van der Waals surface area contributed by atoms with Crippen molar-refractivity contribution in [3.63, 3.8) is 0 Å². The molecule has 0 atom stereocenters. The third kappa shape index (κ3) is 7.29. The standard InChI is InChI=1S/C12H19N/c1-4-7-8-9-12-13(10-5-2)11-6-3/h4-8H,1-3,9-12H2. The average molecular weight is 177 g/mol. The van der Waals surface area contributed by atoms with Gasteiger partial charge in [-0.2, -0.15) is 0 Å². The Morgan fingerprint density at radius 3 is 2.08 bits per heavy atom. The third-order valence-electron chi connectivity index (χ3n) is 1.66. The fourth-order valence-electron chi connectivity index (χ4n) is 1.07. The van der Waals surface area contributed by atoms with Crippen molar-refractivity contribution in [1.29, 1.82) is 0 Å². The van der Waals surface area contributed by atoms with Crippen LogP contribution in [0.5, 0.6) is 0 Å². The molecule has 0 aliphatic rings. The van der Waals surface area contributed by atoms with Crippen LogP contribution in [-0.2, 0) is 0 Å². The van der Waals surface area contributed by atoms with Crippen LogP contribution in [0, 0.1) is 0 Å². The minimum Gasteiger partial charge on any atom is -0.296 e. The lowest BCUT2D eigenvalue weighted by Crippen LogP contribution is -2.24. The Morgan fingerprint density at radius 2 is 1.62 bits per heavy atom. The molecule has 0 bridgehead atoms. The maximum atomic E-state index is 3.72. The lowest BCUT2D eigenvalue weighted by molar-refractivity contribution is 0.342. The number of rotatable bonds is 8. The molecule has 0 spiro atoms. The number of hydrogen-bond acceptors (Lipinski definition) is 1. The first-order valence-electron chi connectivity index (χ1n) is 4.56. The largest absolute Gasteiger partial charge is 0.296 e. The molecular weight excluding hydrogens is 158 g/mol. The van der Waals surface area contributed by atoms with Crippen LogP contribution < -0.4 is 0 Å². The Morgan fingerprint density at radius 1 is 1.00 bits per heavy atom. The Bertz CT molecular complexity index is 170. The molecule has 0 rings (SSSR count). The molecule has 0 aromatic rings. The zero-order valence-corrected chi connectivity index (χ0v) is 8.28. The minimum absolute atomic E-state index is 0.925. The van der Waals surface area contributed by atoms with Crippen LogP contribution in [0.2, 0.25) is 0 Å². The molecule has 13 heavy (non-hydrogen) atoms. The van der Waals surface area contributed by atoms with Gasteiger partial charge in [0.05, 0.1) is 0 Å². The average Bonchev–Trinajstić information content (AvgIpc) is 2.13. The van der Waals surface area contributed by atoms with Gasteiger partial charge < -0.3 is 0 Å². The van der Waals surface area contributed by atoms with E-state index in [0.29, 0.717) is 0 Å². The van der Waals surface area contributed by atoms with Crippen LogP contribution in [0.4, 0.5) is 0 Å². The van der Waals surface area contributed by atoms with Crippen molar-refractivity contribution in [3.05, 3.63) is 50.1 Å². The predicted molar refractivity (Wildman–Crippen MR) is 60.8 cm³/mol. The van der Waals surface area contributed by atoms with Gasteiger partial charge in [0.25, 0.3) is 0 Å². The summed E-state index contributed by atoms with van der Waals surface area (Å²) in [7, 11) is 0. The molecule has 0 aliphatic carbocycles. The third-order valence-corrected chi connectivity index (χ3v) is 1.66. The lowest BCUT2D eigenvalue weighted by atomic mass is 10.3. The Hall–Kier alpha value is -1.08. The molecule has 0 saturated carbocycles. The van der Waals surface area contributed by atoms with Gasteiger partial charge in [0.2, 0.25) is 0 Å². The molecule has 0 radical (unpaired) electrons. The van der Waals surface area contributed by atoms with E-state index in [-0.39, 0.29) is 0 Å². The van der Waals surface area contributed by atoms with E-state index in [4.69, 9.17) is 0 Å². The molecule has 0 saturated heterocycles. The second-order valence-corrected chi connectivity index (χ2v) is 2.79. The highest BCUT2D eigenvalue weighted by atomic mass is 15.1. The highest BCUT2D eigenvalue weighted by molar-refractivity contribution is 4.97. The molecular formula is C12H19N. The van der Waals surface area contributed by atoms with Gasteiger partial charge in [0.15, 0.2) is 0 Å². The maximum absolute atomic E-state index is 3.72. The summed E-state index contributed by atoms with van der Waals surface area (Å²) >= 11 is 0. The fraction of sp³-hybridized carbons (Fsp3) is 0.333. The molecule has 72 valence electrons. The van der Waals surface area contributed by atoms with Crippen LogP contribution >= 0.6 is 0 Å². The summed E-state index contributed by atoms with van der Waals surface area (Å²) in [6.07, 6.45) is 10.8. The van der Waals surface area contributed by atoms with Gasteiger partial charge >= 0.3 is 0 Å². The molecule has 0 aromatic heterocycles. The van der Waals surface area contributed by atoms with Crippen LogP contribution in [0.25, 0.3) is 0 Å². The fourth-order valence-corrected chi connectivity index (χ4v) is 1.07. The zero-order chi connectivity index (χ0) is 9.94. The molecule has 1 nitrogen and oxygen atoms in total. The van der Waals surface area contributed by atoms with Gasteiger partial charge in [-0.15, -0.1) is 13.2 Å². The topological polar surface area (TPSA) is 3.24 Å². The van der Waals surface area contributed by atoms with Gasteiger partial charge in [-0.1, -0.05) is 37.0 Å².